The van der Waals surface area contributed by atoms with Crippen LogP contribution in [0, 0.1) is 5.92 Å². The average molecular weight is 474 g/mol. The number of carboxylic acid groups (broad SMARTS) is 1. The van der Waals surface area contributed by atoms with E-state index in [2.05, 4.69) is 9.62 Å². The summed E-state index contributed by atoms with van der Waals surface area (Å²) in [6.45, 7) is 2.14. The van der Waals surface area contributed by atoms with Crippen LogP contribution in [-0.2, 0) is 10.0 Å². The van der Waals surface area contributed by atoms with Crippen molar-refractivity contribution in [2.45, 2.75) is 30.1 Å². The van der Waals surface area contributed by atoms with E-state index in [9.17, 15) is 18.3 Å². The number of sulfonamides is 1. The predicted octanol–water partition coefficient (Wildman–Crippen LogP) is 3.46. The van der Waals surface area contributed by atoms with Gasteiger partial charge >= 0.3 is 5.97 Å². The number of fused-ring (bicyclic) bond motifs is 3. The number of anilines is 2. The first-order chi connectivity index (χ1) is 15.7. The molecule has 0 saturated heterocycles. The Morgan fingerprint density at radius 1 is 1.12 bits per heavy atom. The lowest BCUT2D eigenvalue weighted by molar-refractivity contribution is 0.0692. The molecule has 1 fully saturated rings. The van der Waals surface area contributed by atoms with Gasteiger partial charge in [0.25, 0.3) is 10.0 Å². The minimum atomic E-state index is -4.04. The molecule has 0 spiro atoms. The average Bonchev–Trinajstić information content (AvgIpc) is 3.56. The van der Waals surface area contributed by atoms with Crippen LogP contribution in [-0.4, -0.2) is 65.2 Å². The Hall–Kier alpha value is -2.78. The van der Waals surface area contributed by atoms with Crippen molar-refractivity contribution in [2.24, 2.45) is 5.92 Å². The maximum absolute atomic E-state index is 13.4. The van der Waals surface area contributed by atoms with Crippen molar-refractivity contribution in [2.75, 3.05) is 50.5 Å². The maximum Gasteiger partial charge on any atom is 0.341 e. The standard InChI is InChI=1S/C24H31N3O5S/c1-26(2)12-6-7-13-27(3)20-8-4-5-9-21(20)33(30,31)25-19-11-10-17-18-14-16(18)15-32-23(17)22(19)24(28)29/h4-5,8-11,16,18,25H,6-7,12-15H2,1-3H3,(H,28,29)/t16?,18-/m0/s1. The molecule has 0 radical (unpaired) electrons. The highest BCUT2D eigenvalue weighted by molar-refractivity contribution is 7.92. The summed E-state index contributed by atoms with van der Waals surface area (Å²) in [6.07, 6.45) is 2.90. The summed E-state index contributed by atoms with van der Waals surface area (Å²) in [6, 6.07) is 10.1. The largest absolute Gasteiger partial charge is 0.492 e. The third-order valence-corrected chi connectivity index (χ3v) is 7.74. The second-order valence-electron chi connectivity index (χ2n) is 9.13. The zero-order valence-corrected chi connectivity index (χ0v) is 20.1. The molecule has 0 bridgehead atoms. The van der Waals surface area contributed by atoms with Crippen LogP contribution >= 0.6 is 0 Å². The first-order valence-corrected chi connectivity index (χ1v) is 12.7. The molecule has 1 heterocycles. The van der Waals surface area contributed by atoms with Gasteiger partial charge in [-0.25, -0.2) is 13.2 Å². The second-order valence-corrected chi connectivity index (χ2v) is 10.8. The zero-order chi connectivity index (χ0) is 23.8. The molecule has 0 aromatic heterocycles. The van der Waals surface area contributed by atoms with Gasteiger partial charge in [0.05, 0.1) is 18.0 Å². The highest BCUT2D eigenvalue weighted by Crippen LogP contribution is 2.55. The number of carboxylic acids is 1. The van der Waals surface area contributed by atoms with Crippen molar-refractivity contribution in [1.82, 2.24) is 4.90 Å². The summed E-state index contributed by atoms with van der Waals surface area (Å²) in [4.78, 5) is 16.2. The van der Waals surface area contributed by atoms with E-state index in [1.165, 1.54) is 12.1 Å². The van der Waals surface area contributed by atoms with Crippen LogP contribution < -0.4 is 14.4 Å². The Kier molecular flexibility index (Phi) is 6.54. The monoisotopic (exact) mass is 473 g/mol. The molecule has 1 aliphatic heterocycles. The van der Waals surface area contributed by atoms with Crippen LogP contribution in [0.1, 0.15) is 41.1 Å². The normalized spacial score (nSPS) is 18.8. The molecule has 1 saturated carbocycles. The van der Waals surface area contributed by atoms with Gasteiger partial charge in [-0.1, -0.05) is 18.2 Å². The highest BCUT2D eigenvalue weighted by Gasteiger charge is 2.45. The van der Waals surface area contributed by atoms with Gasteiger partial charge in [-0.2, -0.15) is 0 Å². The molecule has 1 unspecified atom stereocenters. The minimum absolute atomic E-state index is 0.0174. The molecule has 0 amide bonds. The fourth-order valence-electron chi connectivity index (χ4n) is 4.44. The Balaban J connectivity index is 1.60. The number of aromatic carboxylic acids is 1. The van der Waals surface area contributed by atoms with E-state index in [0.29, 0.717) is 30.7 Å². The second kappa shape index (κ2) is 9.23. The Bertz CT molecular complexity index is 1150. The molecule has 33 heavy (non-hydrogen) atoms. The number of carbonyl (C=O) groups is 1. The Morgan fingerprint density at radius 3 is 2.58 bits per heavy atom. The number of nitrogens with one attached hydrogen (secondary N) is 1. The zero-order valence-electron chi connectivity index (χ0n) is 19.2. The number of hydrogen-bond donors (Lipinski definition) is 2. The molecule has 2 atom stereocenters. The van der Waals surface area contributed by atoms with E-state index in [4.69, 9.17) is 4.74 Å². The maximum atomic E-state index is 13.4. The Morgan fingerprint density at radius 2 is 1.85 bits per heavy atom. The lowest BCUT2D eigenvalue weighted by Gasteiger charge is -2.24. The van der Waals surface area contributed by atoms with Crippen molar-refractivity contribution in [3.05, 3.63) is 47.5 Å². The molecule has 2 aliphatic rings. The summed E-state index contributed by atoms with van der Waals surface area (Å²) in [7, 11) is 1.88. The number of ether oxygens (including phenoxy) is 1. The van der Waals surface area contributed by atoms with E-state index >= 15 is 0 Å². The molecule has 2 N–H and O–H groups in total. The quantitative estimate of drug-likeness (QED) is 0.510. The van der Waals surface area contributed by atoms with Crippen molar-refractivity contribution in [3.8, 4) is 5.75 Å². The van der Waals surface area contributed by atoms with E-state index in [1.807, 2.05) is 26.0 Å². The number of benzene rings is 2. The molecule has 4 rings (SSSR count). The van der Waals surface area contributed by atoms with Crippen molar-refractivity contribution in [1.29, 1.82) is 0 Å². The minimum Gasteiger partial charge on any atom is -0.492 e. The van der Waals surface area contributed by atoms with Crippen LogP contribution in [0.4, 0.5) is 11.4 Å². The highest BCUT2D eigenvalue weighted by atomic mass is 32.2. The van der Waals surface area contributed by atoms with Crippen LogP contribution in [0.15, 0.2) is 41.3 Å². The van der Waals surface area contributed by atoms with E-state index in [-0.39, 0.29) is 21.9 Å². The number of hydrogen-bond acceptors (Lipinski definition) is 6. The van der Waals surface area contributed by atoms with Crippen molar-refractivity contribution < 1.29 is 23.1 Å². The summed E-state index contributed by atoms with van der Waals surface area (Å²) < 4.78 is 35.0. The first kappa shape index (κ1) is 23.4. The number of unbranched alkanes of at least 4 members (excludes halogenated alkanes) is 1. The van der Waals surface area contributed by atoms with E-state index < -0.39 is 16.0 Å². The Labute approximate surface area is 195 Å². The number of para-hydroxylation sites is 1. The van der Waals surface area contributed by atoms with E-state index in [0.717, 1.165) is 31.4 Å². The first-order valence-electron chi connectivity index (χ1n) is 11.2. The lowest BCUT2D eigenvalue weighted by Crippen LogP contribution is -2.24. The van der Waals surface area contributed by atoms with Gasteiger partial charge in [-0.05, 0) is 69.6 Å². The third kappa shape index (κ3) is 4.94. The summed E-state index contributed by atoms with van der Waals surface area (Å²) in [5, 5.41) is 9.86. The topological polar surface area (TPSA) is 99.2 Å². The molecular formula is C24H31N3O5S. The van der Waals surface area contributed by atoms with Gasteiger partial charge in [0, 0.05) is 19.5 Å². The van der Waals surface area contributed by atoms with Gasteiger partial charge in [0.15, 0.2) is 0 Å². The van der Waals surface area contributed by atoms with Crippen LogP contribution in [0.5, 0.6) is 5.75 Å². The lowest BCUT2D eigenvalue weighted by atomic mass is 10.0. The molecule has 1 aliphatic carbocycles. The molecule has 9 heteroatoms. The van der Waals surface area contributed by atoms with Gasteiger partial charge in [0.2, 0.25) is 0 Å². The van der Waals surface area contributed by atoms with E-state index in [1.54, 1.807) is 24.3 Å². The van der Waals surface area contributed by atoms with Gasteiger partial charge in [0.1, 0.15) is 16.2 Å². The van der Waals surface area contributed by atoms with Gasteiger partial charge in [-0.15, -0.1) is 0 Å². The predicted molar refractivity (Wildman–Crippen MR) is 128 cm³/mol. The van der Waals surface area contributed by atoms with Crippen LogP contribution in [0.3, 0.4) is 0 Å². The molecule has 2 aromatic rings. The molecule has 8 nitrogen and oxygen atoms in total. The molecule has 178 valence electrons. The van der Waals surface area contributed by atoms with Gasteiger partial charge < -0.3 is 19.6 Å². The fourth-order valence-corrected chi connectivity index (χ4v) is 5.77. The fraction of sp³-hybridized carbons (Fsp3) is 0.458. The van der Waals surface area contributed by atoms with Crippen molar-refractivity contribution in [3.63, 3.8) is 0 Å². The van der Waals surface area contributed by atoms with Crippen LogP contribution in [0.2, 0.25) is 0 Å². The third-order valence-electron chi connectivity index (χ3n) is 6.33. The summed E-state index contributed by atoms with van der Waals surface area (Å²) in [5.41, 5.74) is 1.31. The van der Waals surface area contributed by atoms with Gasteiger partial charge in [-0.3, -0.25) is 4.72 Å². The number of nitrogens with zero attached hydrogens (tertiary/aromatic N) is 2. The summed E-state index contributed by atoms with van der Waals surface area (Å²) >= 11 is 0. The SMILES string of the molecule is CN(C)CCCCN(C)c1ccccc1S(=O)(=O)Nc1ccc2c(c1C(=O)O)OCC1C[C@H]21. The smallest absolute Gasteiger partial charge is 0.341 e. The van der Waals surface area contributed by atoms with Crippen LogP contribution in [0.25, 0.3) is 0 Å². The molecule has 2 aromatic carbocycles. The number of rotatable bonds is 10. The molecular weight excluding hydrogens is 442 g/mol. The van der Waals surface area contributed by atoms with Crippen molar-refractivity contribution >= 4 is 27.4 Å². The summed E-state index contributed by atoms with van der Waals surface area (Å²) in [5.74, 6) is -0.191.